The fourth-order valence-corrected chi connectivity index (χ4v) is 3.96. The topological polar surface area (TPSA) is 71.0 Å². The summed E-state index contributed by atoms with van der Waals surface area (Å²) < 4.78 is 66.7. The summed E-state index contributed by atoms with van der Waals surface area (Å²) in [5, 5.41) is 3.35. The highest BCUT2D eigenvalue weighted by Gasteiger charge is 2.39. The minimum Gasteiger partial charge on any atom is -0.350 e. The number of benzene rings is 1. The average Bonchev–Trinajstić information content (AvgIpc) is 2.78. The zero-order chi connectivity index (χ0) is 23.6. The smallest absolute Gasteiger partial charge is 0.350 e. The van der Waals surface area contributed by atoms with Gasteiger partial charge in [-0.1, -0.05) is 12.1 Å². The zero-order valence-electron chi connectivity index (χ0n) is 17.3. The van der Waals surface area contributed by atoms with Gasteiger partial charge in [0.25, 0.3) is 11.8 Å². The summed E-state index contributed by atoms with van der Waals surface area (Å²) in [6.45, 7) is -0.387. The highest BCUT2D eigenvalue weighted by Crippen LogP contribution is 2.33. The lowest BCUT2D eigenvalue weighted by Crippen LogP contribution is -2.47. The summed E-state index contributed by atoms with van der Waals surface area (Å²) in [6, 6.07) is 7.65. The van der Waals surface area contributed by atoms with Gasteiger partial charge in [-0.05, 0) is 31.2 Å². The largest absolute Gasteiger partial charge is 0.451 e. The van der Waals surface area contributed by atoms with E-state index in [9.17, 15) is 26.7 Å². The number of nitrogens with one attached hydrogen (secondary N) is 1. The van der Waals surface area contributed by atoms with Crippen molar-refractivity contribution in [2.24, 2.45) is 0 Å². The van der Waals surface area contributed by atoms with Crippen LogP contribution in [0.5, 0.6) is 0 Å². The maximum atomic E-state index is 14.1. The van der Waals surface area contributed by atoms with Crippen LogP contribution in [0.25, 0.3) is 10.9 Å². The molecule has 174 valence electrons. The van der Waals surface area contributed by atoms with Crippen LogP contribution in [0.4, 0.5) is 22.0 Å². The Kier molecular flexibility index (Phi) is 6.24. The SMILES string of the molecule is O=C(NCC(c1cnc(C(F)(F)F)nc1)N1CCCC(F)(F)C1)c1cccc2ncccc12. The van der Waals surface area contributed by atoms with Crippen LogP contribution in [0.2, 0.25) is 0 Å². The standard InChI is InChI=1S/C22H20F5N5O/c23-21(24)7-3-9-32(13-21)18(14-10-30-20(31-11-14)22(25,26)27)12-29-19(33)16-4-1-6-17-15(16)5-2-8-28-17/h1-2,4-6,8,10-11,18H,3,7,9,12-13H2,(H,29,33). The summed E-state index contributed by atoms with van der Waals surface area (Å²) in [7, 11) is 0. The number of amides is 1. The Morgan fingerprint density at radius 3 is 2.58 bits per heavy atom. The summed E-state index contributed by atoms with van der Waals surface area (Å²) in [4.78, 5) is 25.3. The summed E-state index contributed by atoms with van der Waals surface area (Å²) in [6.07, 6.45) is -1.23. The zero-order valence-corrected chi connectivity index (χ0v) is 17.3. The minimum absolute atomic E-state index is 0.111. The third-order valence-electron chi connectivity index (χ3n) is 5.52. The Morgan fingerprint density at radius 1 is 1.12 bits per heavy atom. The Labute approximate surface area is 185 Å². The predicted molar refractivity (Wildman–Crippen MR) is 110 cm³/mol. The van der Waals surface area contributed by atoms with Crippen LogP contribution in [0.3, 0.4) is 0 Å². The maximum Gasteiger partial charge on any atom is 0.451 e. The molecule has 1 aliphatic rings. The number of fused-ring (bicyclic) bond motifs is 1. The fourth-order valence-electron chi connectivity index (χ4n) is 3.96. The molecule has 2 aromatic heterocycles. The maximum absolute atomic E-state index is 14.1. The Balaban J connectivity index is 1.59. The number of hydrogen-bond donors (Lipinski definition) is 1. The molecule has 1 amide bonds. The molecule has 4 rings (SSSR count). The Hall–Kier alpha value is -3.21. The molecule has 33 heavy (non-hydrogen) atoms. The minimum atomic E-state index is -4.72. The van der Waals surface area contributed by atoms with E-state index in [1.54, 1.807) is 36.5 Å². The van der Waals surface area contributed by atoms with E-state index in [2.05, 4.69) is 20.3 Å². The lowest BCUT2D eigenvalue weighted by atomic mass is 10.0. The molecule has 0 bridgehead atoms. The molecular weight excluding hydrogens is 445 g/mol. The van der Waals surface area contributed by atoms with Crippen molar-refractivity contribution < 1.29 is 26.7 Å². The number of nitrogens with zero attached hydrogens (tertiary/aromatic N) is 4. The first kappa shape index (κ1) is 23.0. The molecule has 0 aliphatic carbocycles. The molecule has 1 fully saturated rings. The molecule has 1 atom stereocenters. The summed E-state index contributed by atoms with van der Waals surface area (Å²) in [5.41, 5.74) is 1.18. The van der Waals surface area contributed by atoms with Crippen molar-refractivity contribution in [1.82, 2.24) is 25.2 Å². The van der Waals surface area contributed by atoms with E-state index >= 15 is 0 Å². The second-order valence-electron chi connectivity index (χ2n) is 7.87. The van der Waals surface area contributed by atoms with E-state index in [0.29, 0.717) is 23.0 Å². The van der Waals surface area contributed by atoms with Crippen molar-refractivity contribution in [3.05, 3.63) is 65.9 Å². The van der Waals surface area contributed by atoms with Gasteiger partial charge in [0.15, 0.2) is 0 Å². The van der Waals surface area contributed by atoms with E-state index < -0.39 is 36.4 Å². The highest BCUT2D eigenvalue weighted by atomic mass is 19.4. The van der Waals surface area contributed by atoms with Gasteiger partial charge in [0, 0.05) is 48.1 Å². The predicted octanol–water partition coefficient (Wildman–Crippen LogP) is 4.25. The molecule has 0 radical (unpaired) electrons. The molecule has 0 saturated carbocycles. The van der Waals surface area contributed by atoms with Crippen LogP contribution in [-0.4, -0.2) is 51.3 Å². The molecule has 1 N–H and O–H groups in total. The fraction of sp³-hybridized carbons (Fsp3) is 0.364. The van der Waals surface area contributed by atoms with Gasteiger partial charge in [-0.25, -0.2) is 18.7 Å². The van der Waals surface area contributed by atoms with E-state index in [1.165, 1.54) is 4.90 Å². The third kappa shape index (κ3) is 5.24. The van der Waals surface area contributed by atoms with E-state index in [-0.39, 0.29) is 24.9 Å². The molecule has 6 nitrogen and oxygen atoms in total. The van der Waals surface area contributed by atoms with Crippen LogP contribution in [-0.2, 0) is 6.18 Å². The summed E-state index contributed by atoms with van der Waals surface area (Å²) >= 11 is 0. The van der Waals surface area contributed by atoms with Gasteiger partial charge in [0.2, 0.25) is 5.82 Å². The highest BCUT2D eigenvalue weighted by molar-refractivity contribution is 6.06. The van der Waals surface area contributed by atoms with Gasteiger partial charge in [-0.2, -0.15) is 13.2 Å². The van der Waals surface area contributed by atoms with Crippen molar-refractivity contribution in [2.45, 2.75) is 31.0 Å². The van der Waals surface area contributed by atoms with Gasteiger partial charge in [-0.3, -0.25) is 14.7 Å². The molecule has 1 saturated heterocycles. The van der Waals surface area contributed by atoms with Crippen molar-refractivity contribution in [2.75, 3.05) is 19.6 Å². The van der Waals surface area contributed by atoms with Crippen molar-refractivity contribution >= 4 is 16.8 Å². The van der Waals surface area contributed by atoms with Crippen LogP contribution in [0, 0.1) is 0 Å². The van der Waals surface area contributed by atoms with Crippen LogP contribution in [0.1, 0.15) is 40.6 Å². The van der Waals surface area contributed by atoms with E-state index in [0.717, 1.165) is 12.4 Å². The Bertz CT molecular complexity index is 1130. The summed E-state index contributed by atoms with van der Waals surface area (Å²) in [5.74, 6) is -4.70. The lowest BCUT2D eigenvalue weighted by Gasteiger charge is -2.38. The number of hydrogen-bond acceptors (Lipinski definition) is 5. The molecule has 0 spiro atoms. The van der Waals surface area contributed by atoms with Gasteiger partial charge in [0.05, 0.1) is 18.1 Å². The first-order valence-electron chi connectivity index (χ1n) is 10.3. The van der Waals surface area contributed by atoms with Crippen LogP contribution >= 0.6 is 0 Å². The number of carbonyl (C=O) groups excluding carboxylic acids is 1. The third-order valence-corrected chi connectivity index (χ3v) is 5.52. The first-order chi connectivity index (χ1) is 15.6. The van der Waals surface area contributed by atoms with Crippen molar-refractivity contribution in [1.29, 1.82) is 0 Å². The number of carbonyl (C=O) groups is 1. The normalized spacial score (nSPS) is 17.6. The second kappa shape index (κ2) is 8.97. The average molecular weight is 465 g/mol. The molecule has 1 unspecified atom stereocenters. The monoisotopic (exact) mass is 465 g/mol. The lowest BCUT2D eigenvalue weighted by molar-refractivity contribution is -0.145. The molecule has 3 aromatic rings. The molecule has 11 heteroatoms. The first-order valence-corrected chi connectivity index (χ1v) is 10.3. The number of pyridine rings is 1. The van der Waals surface area contributed by atoms with E-state index in [1.807, 2.05) is 0 Å². The molecule has 1 aromatic carbocycles. The van der Waals surface area contributed by atoms with Crippen molar-refractivity contribution in [3.63, 3.8) is 0 Å². The molecular formula is C22H20F5N5O. The number of aromatic nitrogens is 3. The van der Waals surface area contributed by atoms with Gasteiger partial charge in [-0.15, -0.1) is 0 Å². The second-order valence-corrected chi connectivity index (χ2v) is 7.87. The van der Waals surface area contributed by atoms with Gasteiger partial charge < -0.3 is 5.32 Å². The van der Waals surface area contributed by atoms with Gasteiger partial charge in [0.1, 0.15) is 0 Å². The van der Waals surface area contributed by atoms with Crippen molar-refractivity contribution in [3.8, 4) is 0 Å². The quantitative estimate of drug-likeness (QED) is 0.571. The number of alkyl halides is 5. The van der Waals surface area contributed by atoms with E-state index in [4.69, 9.17) is 0 Å². The molecule has 3 heterocycles. The van der Waals surface area contributed by atoms with Crippen LogP contribution < -0.4 is 5.32 Å². The van der Waals surface area contributed by atoms with Crippen LogP contribution in [0.15, 0.2) is 48.9 Å². The number of piperidine rings is 1. The Morgan fingerprint density at radius 2 is 1.88 bits per heavy atom. The number of rotatable bonds is 5. The molecule has 1 aliphatic heterocycles. The number of likely N-dealkylation sites (tertiary alicyclic amines) is 1. The number of halogens is 5. The van der Waals surface area contributed by atoms with Gasteiger partial charge >= 0.3 is 6.18 Å².